The molecule has 0 saturated heterocycles. The molecule has 0 radical (unpaired) electrons. The van der Waals surface area contributed by atoms with E-state index in [0.717, 1.165) is 35.1 Å². The van der Waals surface area contributed by atoms with Crippen LogP contribution in [-0.2, 0) is 42.3 Å². The van der Waals surface area contributed by atoms with E-state index in [1.54, 1.807) is 66.6 Å². The molecule has 0 aliphatic heterocycles. The van der Waals surface area contributed by atoms with Gasteiger partial charge in [-0.3, -0.25) is 19.3 Å². The Morgan fingerprint density at radius 3 is 1.59 bits per heavy atom. The molecule has 2 aromatic heterocycles. The molecular formula is C54H65FN6O5. The number of pyridine rings is 2. The fourth-order valence-electron chi connectivity index (χ4n) is 6.89. The molecule has 66 heavy (non-hydrogen) atoms. The summed E-state index contributed by atoms with van der Waals surface area (Å²) in [6.45, 7) is 21.7. The molecule has 0 spiro atoms. The van der Waals surface area contributed by atoms with Crippen LogP contribution in [0.4, 0.5) is 9.18 Å². The topological polar surface area (TPSA) is 150 Å². The Morgan fingerprint density at radius 1 is 0.697 bits per heavy atom. The fraction of sp³-hybridized carbons (Fsp3) is 0.407. The maximum absolute atomic E-state index is 14.3. The number of halogens is 1. The summed E-state index contributed by atoms with van der Waals surface area (Å²) in [6.07, 6.45) is 5.16. The van der Waals surface area contributed by atoms with E-state index in [4.69, 9.17) is 4.74 Å². The maximum Gasteiger partial charge on any atom is 0.410 e. The molecule has 11 nitrogen and oxygen atoms in total. The second-order valence-corrected chi connectivity index (χ2v) is 19.6. The predicted octanol–water partition coefficient (Wildman–Crippen LogP) is 11.0. The molecule has 12 heteroatoms. The molecule has 0 aliphatic rings. The molecule has 5 aromatic rings. The minimum absolute atomic E-state index is 0.0263. The van der Waals surface area contributed by atoms with Crippen LogP contribution in [-0.4, -0.2) is 31.6 Å². The van der Waals surface area contributed by atoms with Crippen molar-refractivity contribution in [2.75, 3.05) is 0 Å². The summed E-state index contributed by atoms with van der Waals surface area (Å²) in [5, 5.41) is 22.2. The van der Waals surface area contributed by atoms with E-state index < -0.39 is 17.5 Å². The Kier molecular flexibility index (Phi) is 18.4. The summed E-state index contributed by atoms with van der Waals surface area (Å²) in [7, 11) is 0. The second kappa shape index (κ2) is 23.4. The number of ether oxygens (including phenoxy) is 1. The van der Waals surface area contributed by atoms with Gasteiger partial charge >= 0.3 is 6.09 Å². The average molecular weight is 897 g/mol. The zero-order valence-corrected chi connectivity index (χ0v) is 40.2. The first kappa shape index (κ1) is 51.8. The van der Waals surface area contributed by atoms with Crippen molar-refractivity contribution in [2.45, 2.75) is 127 Å². The number of nitrogens with zero attached hydrogens (tertiary/aromatic N) is 5. The zero-order chi connectivity index (χ0) is 48.8. The van der Waals surface area contributed by atoms with Crippen LogP contribution in [0.2, 0.25) is 0 Å². The lowest BCUT2D eigenvalue weighted by Gasteiger charge is -2.28. The van der Waals surface area contributed by atoms with E-state index in [2.05, 4.69) is 45.2 Å². The zero-order valence-electron chi connectivity index (χ0n) is 40.2. The van der Waals surface area contributed by atoms with Crippen molar-refractivity contribution in [3.05, 3.63) is 152 Å². The fourth-order valence-corrected chi connectivity index (χ4v) is 6.89. The molecule has 1 N–H and O–H groups in total. The van der Waals surface area contributed by atoms with Crippen molar-refractivity contribution in [1.82, 2.24) is 19.4 Å². The number of amides is 2. The van der Waals surface area contributed by atoms with E-state index in [1.807, 2.05) is 75.4 Å². The van der Waals surface area contributed by atoms with Gasteiger partial charge in [0.2, 0.25) is 5.91 Å². The number of carbonyl (C=O) groups excluding carboxylic acids is 2. The first-order valence-corrected chi connectivity index (χ1v) is 22.5. The number of hydrogen-bond acceptors (Lipinski definition) is 7. The Labute approximate surface area is 389 Å². The Morgan fingerprint density at radius 2 is 1.17 bits per heavy atom. The summed E-state index contributed by atoms with van der Waals surface area (Å²) in [6, 6.07) is 29.0. The van der Waals surface area contributed by atoms with Crippen LogP contribution in [0.25, 0.3) is 22.3 Å². The minimum atomic E-state index is -0.697. The maximum atomic E-state index is 14.3. The van der Waals surface area contributed by atoms with Crippen molar-refractivity contribution in [2.24, 2.45) is 17.3 Å². The molecule has 5 rings (SSSR count). The van der Waals surface area contributed by atoms with Crippen LogP contribution in [0.5, 0.6) is 0 Å². The molecule has 2 heterocycles. The lowest BCUT2D eigenvalue weighted by molar-refractivity contribution is -0.122. The number of hydrogen-bond donors (Lipinski definition) is 1. The highest BCUT2D eigenvalue weighted by Crippen LogP contribution is 2.25. The molecule has 348 valence electrons. The van der Waals surface area contributed by atoms with Crippen molar-refractivity contribution in [1.29, 1.82) is 10.5 Å². The molecule has 0 fully saturated rings. The summed E-state index contributed by atoms with van der Waals surface area (Å²) in [5.41, 5.74) is 3.90. The molecule has 2 amide bonds. The van der Waals surface area contributed by atoms with Gasteiger partial charge in [0.05, 0.1) is 6.54 Å². The highest BCUT2D eigenvalue weighted by Gasteiger charge is 2.24. The number of nitriles is 2. The van der Waals surface area contributed by atoms with E-state index in [1.165, 1.54) is 11.0 Å². The smallest absolute Gasteiger partial charge is 0.410 e. The van der Waals surface area contributed by atoms with Crippen molar-refractivity contribution >= 4 is 12.0 Å². The third-order valence-electron chi connectivity index (χ3n) is 10.5. The van der Waals surface area contributed by atoms with E-state index in [-0.39, 0.29) is 46.7 Å². The number of nitrogens with one attached hydrogen (secondary N) is 1. The highest BCUT2D eigenvalue weighted by molar-refractivity contribution is 5.76. The van der Waals surface area contributed by atoms with Crippen molar-refractivity contribution in [3.8, 4) is 34.4 Å². The van der Waals surface area contributed by atoms with Crippen LogP contribution in [0.15, 0.2) is 107 Å². The van der Waals surface area contributed by atoms with Gasteiger partial charge in [-0.1, -0.05) is 115 Å². The third kappa shape index (κ3) is 15.7. The normalized spacial score (nSPS) is 11.3. The second-order valence-electron chi connectivity index (χ2n) is 19.6. The largest absolute Gasteiger partial charge is 0.444 e. The molecule has 3 aromatic carbocycles. The third-order valence-corrected chi connectivity index (χ3v) is 10.5. The number of aromatic nitrogens is 2. The quantitative estimate of drug-likeness (QED) is 0.110. The first-order valence-electron chi connectivity index (χ1n) is 22.5. The Bertz CT molecular complexity index is 2640. The summed E-state index contributed by atoms with van der Waals surface area (Å²) >= 11 is 0. The van der Waals surface area contributed by atoms with Gasteiger partial charge in [-0.05, 0) is 91.3 Å². The van der Waals surface area contributed by atoms with Crippen LogP contribution in [0, 0.1) is 45.7 Å². The number of benzene rings is 3. The number of aryl methyl sites for hydroxylation is 2. The molecule has 0 bridgehead atoms. The predicted molar refractivity (Wildman–Crippen MR) is 258 cm³/mol. The van der Waals surface area contributed by atoms with E-state index >= 15 is 0 Å². The minimum Gasteiger partial charge on any atom is -0.444 e. The molecule has 0 aliphatic carbocycles. The van der Waals surface area contributed by atoms with Crippen molar-refractivity contribution in [3.63, 3.8) is 0 Å². The average Bonchev–Trinajstić information content (AvgIpc) is 3.24. The van der Waals surface area contributed by atoms with Crippen LogP contribution in [0.1, 0.15) is 116 Å². The highest BCUT2D eigenvalue weighted by atomic mass is 19.1. The van der Waals surface area contributed by atoms with Gasteiger partial charge in [0.15, 0.2) is 0 Å². The van der Waals surface area contributed by atoms with Gasteiger partial charge in [-0.15, -0.1) is 0 Å². The molecule has 0 atom stereocenters. The van der Waals surface area contributed by atoms with E-state index in [0.29, 0.717) is 54.6 Å². The standard InChI is InChI=1S/C30H34FN3O3.C24H31N3O2/c1-21(2)14-16-33-17-15-25(26(18-32)28(33)35)23-12-10-22(11-13-23)19-34(29(36)37-30(3,4)5)20-24-8-6-7-9-27(24)31;1-17(2)10-12-27-13-11-20(21(15-25)23(27)29)19-8-6-18(7-9-19)16-26-22(28)14-24(3,4)5/h6-13,15,17,21H,14,16,19-20H2,1-5H3;6-9,11,13,17H,10,12,14,16H2,1-5H3,(H,26,28). The van der Waals surface area contributed by atoms with Crippen LogP contribution < -0.4 is 16.4 Å². The Balaban J connectivity index is 0.000000297. The molecule has 0 unspecified atom stereocenters. The lowest BCUT2D eigenvalue weighted by atomic mass is 9.92. The molecular weight excluding hydrogens is 832 g/mol. The number of carbonyl (C=O) groups is 2. The summed E-state index contributed by atoms with van der Waals surface area (Å²) in [4.78, 5) is 51.9. The van der Waals surface area contributed by atoms with Gasteiger partial charge in [0.25, 0.3) is 11.1 Å². The number of rotatable bonds is 15. The van der Waals surface area contributed by atoms with E-state index in [9.17, 15) is 34.1 Å². The van der Waals surface area contributed by atoms with Gasteiger partial charge in [0, 0.05) is 61.7 Å². The summed E-state index contributed by atoms with van der Waals surface area (Å²) in [5.74, 6) is 0.573. The SMILES string of the molecule is CC(C)CCn1ccc(-c2ccc(CN(Cc3ccccc3F)C(=O)OC(C)(C)C)cc2)c(C#N)c1=O.CC(C)CCn1ccc(-c2ccc(CNC(=O)CC(C)(C)C)cc2)c(C#N)c1=O. The van der Waals surface area contributed by atoms with Crippen LogP contribution in [0.3, 0.4) is 0 Å². The van der Waals surface area contributed by atoms with Gasteiger partial charge < -0.3 is 19.2 Å². The van der Waals surface area contributed by atoms with Gasteiger partial charge in [0.1, 0.15) is 34.7 Å². The first-order chi connectivity index (χ1) is 31.1. The van der Waals surface area contributed by atoms with Gasteiger partial charge in [-0.25, -0.2) is 9.18 Å². The van der Waals surface area contributed by atoms with Crippen LogP contribution >= 0.6 is 0 Å². The lowest BCUT2D eigenvalue weighted by Crippen LogP contribution is -2.36. The Hall–Kier alpha value is -6.79. The monoisotopic (exact) mass is 897 g/mol. The van der Waals surface area contributed by atoms with Crippen molar-refractivity contribution < 1.29 is 18.7 Å². The molecule has 0 saturated carbocycles. The summed E-state index contributed by atoms with van der Waals surface area (Å²) < 4.78 is 23.1. The van der Waals surface area contributed by atoms with Gasteiger partial charge in [-0.2, -0.15) is 10.5 Å².